The molecule has 0 saturated carbocycles. The molecule has 0 saturated heterocycles. The molecule has 0 aliphatic heterocycles. The van der Waals surface area contributed by atoms with Crippen LogP contribution < -0.4 is 11.1 Å². The maximum atomic E-state index is 12.9. The number of carbonyl (C=O) groups is 1. The molecule has 2 atom stereocenters. The molecule has 3 rings (SSSR count). The van der Waals surface area contributed by atoms with E-state index in [1.54, 1.807) is 0 Å². The number of aryl methyl sites for hydroxylation is 1. The van der Waals surface area contributed by atoms with Gasteiger partial charge < -0.3 is 11.1 Å². The van der Waals surface area contributed by atoms with Crippen molar-refractivity contribution in [3.05, 3.63) is 71.3 Å². The first-order chi connectivity index (χ1) is 11.1. The Labute approximate surface area is 137 Å². The summed E-state index contributed by atoms with van der Waals surface area (Å²) >= 11 is 0. The predicted molar refractivity (Wildman–Crippen MR) is 93.1 cm³/mol. The van der Waals surface area contributed by atoms with E-state index in [1.165, 1.54) is 5.56 Å². The van der Waals surface area contributed by atoms with E-state index in [1.807, 2.05) is 49.4 Å². The number of nitrogens with two attached hydrogens (primary N) is 1. The molecule has 23 heavy (non-hydrogen) atoms. The normalized spacial score (nSPS) is 21.3. The first-order valence-electron chi connectivity index (χ1n) is 8.28. The van der Waals surface area contributed by atoms with E-state index in [0.717, 1.165) is 30.4 Å². The molecule has 2 unspecified atom stereocenters. The number of carbonyl (C=O) groups excluding carboxylic acids is 1. The van der Waals surface area contributed by atoms with Gasteiger partial charge in [-0.2, -0.15) is 0 Å². The first-order valence-corrected chi connectivity index (χ1v) is 8.28. The number of benzene rings is 2. The minimum Gasteiger partial charge on any atom is -0.353 e. The third-order valence-electron chi connectivity index (χ3n) is 4.95. The molecule has 0 fully saturated rings. The molecule has 2 aromatic rings. The van der Waals surface area contributed by atoms with Crippen LogP contribution in [-0.4, -0.2) is 12.5 Å². The number of fused-ring (bicyclic) bond motifs is 1. The summed E-state index contributed by atoms with van der Waals surface area (Å²) in [5, 5.41) is 3.07. The maximum absolute atomic E-state index is 12.9. The van der Waals surface area contributed by atoms with Crippen molar-refractivity contribution < 1.29 is 4.79 Å². The molecule has 3 nitrogen and oxygen atoms in total. The third-order valence-corrected chi connectivity index (χ3v) is 4.95. The van der Waals surface area contributed by atoms with Crippen molar-refractivity contribution in [1.29, 1.82) is 0 Å². The van der Waals surface area contributed by atoms with Crippen molar-refractivity contribution in [2.45, 2.75) is 37.6 Å². The van der Waals surface area contributed by atoms with Gasteiger partial charge in [0.1, 0.15) is 0 Å². The summed E-state index contributed by atoms with van der Waals surface area (Å²) in [6.45, 7) is 2.51. The number of hydrogen-bond donors (Lipinski definition) is 2. The Hall–Kier alpha value is -2.13. The first kappa shape index (κ1) is 15.8. The molecule has 1 aliphatic carbocycles. The zero-order valence-electron chi connectivity index (χ0n) is 13.6. The highest BCUT2D eigenvalue weighted by atomic mass is 16.2. The summed E-state index contributed by atoms with van der Waals surface area (Å²) in [4.78, 5) is 12.9. The second kappa shape index (κ2) is 6.55. The second-order valence-corrected chi connectivity index (χ2v) is 6.57. The van der Waals surface area contributed by atoms with Crippen LogP contribution in [0, 0.1) is 0 Å². The lowest BCUT2D eigenvalue weighted by Gasteiger charge is -2.35. The average molecular weight is 308 g/mol. The topological polar surface area (TPSA) is 55.1 Å². The van der Waals surface area contributed by atoms with Gasteiger partial charge in [0, 0.05) is 12.6 Å². The smallest absolute Gasteiger partial charge is 0.230 e. The minimum atomic E-state index is -0.453. The van der Waals surface area contributed by atoms with Crippen molar-refractivity contribution in [1.82, 2.24) is 5.32 Å². The highest BCUT2D eigenvalue weighted by Gasteiger charge is 2.38. The molecule has 1 amide bonds. The van der Waals surface area contributed by atoms with Gasteiger partial charge in [0.05, 0.1) is 5.41 Å². The van der Waals surface area contributed by atoms with Crippen LogP contribution in [0.15, 0.2) is 54.6 Å². The van der Waals surface area contributed by atoms with Crippen molar-refractivity contribution in [3.8, 4) is 0 Å². The summed E-state index contributed by atoms with van der Waals surface area (Å²) in [7, 11) is 0. The van der Waals surface area contributed by atoms with E-state index < -0.39 is 5.41 Å². The van der Waals surface area contributed by atoms with E-state index in [0.29, 0.717) is 6.54 Å². The van der Waals surface area contributed by atoms with Crippen LogP contribution in [0.1, 0.15) is 42.5 Å². The zero-order chi connectivity index (χ0) is 16.3. The molecule has 0 bridgehead atoms. The largest absolute Gasteiger partial charge is 0.353 e. The third kappa shape index (κ3) is 3.15. The van der Waals surface area contributed by atoms with Crippen LogP contribution in [-0.2, 0) is 16.6 Å². The molecule has 0 heterocycles. The highest BCUT2D eigenvalue weighted by Crippen LogP contribution is 2.37. The Bertz CT molecular complexity index is 683. The Morgan fingerprint density at radius 1 is 1.17 bits per heavy atom. The number of nitrogens with one attached hydrogen (secondary N) is 1. The lowest BCUT2D eigenvalue weighted by atomic mass is 9.70. The van der Waals surface area contributed by atoms with Crippen molar-refractivity contribution in [2.24, 2.45) is 5.73 Å². The molecule has 0 spiro atoms. The van der Waals surface area contributed by atoms with Gasteiger partial charge in [0.25, 0.3) is 0 Å². The van der Waals surface area contributed by atoms with Crippen LogP contribution in [0.2, 0.25) is 0 Å². The van der Waals surface area contributed by atoms with Crippen LogP contribution in [0.3, 0.4) is 0 Å². The summed E-state index contributed by atoms with van der Waals surface area (Å²) < 4.78 is 0. The van der Waals surface area contributed by atoms with E-state index in [4.69, 9.17) is 5.73 Å². The van der Waals surface area contributed by atoms with Crippen LogP contribution in [0.5, 0.6) is 0 Å². The van der Waals surface area contributed by atoms with E-state index in [-0.39, 0.29) is 11.9 Å². The molecule has 3 heteroatoms. The Morgan fingerprint density at radius 3 is 2.65 bits per heavy atom. The fourth-order valence-corrected chi connectivity index (χ4v) is 3.50. The zero-order valence-corrected chi connectivity index (χ0v) is 13.6. The van der Waals surface area contributed by atoms with Crippen molar-refractivity contribution >= 4 is 5.91 Å². The summed E-state index contributed by atoms with van der Waals surface area (Å²) in [5.74, 6) is 0.0797. The fourth-order valence-electron chi connectivity index (χ4n) is 3.50. The number of rotatable bonds is 4. The Balaban J connectivity index is 1.71. The molecule has 0 aromatic heterocycles. The number of hydrogen-bond acceptors (Lipinski definition) is 2. The average Bonchev–Trinajstić information content (AvgIpc) is 2.60. The molecule has 2 aromatic carbocycles. The van der Waals surface area contributed by atoms with Crippen molar-refractivity contribution in [3.63, 3.8) is 0 Å². The summed E-state index contributed by atoms with van der Waals surface area (Å²) in [6, 6.07) is 18.0. The molecular formula is C20H24N2O. The lowest BCUT2D eigenvalue weighted by Crippen LogP contribution is -2.46. The standard InChI is InChI=1S/C20H24N2O/c1-20(13-7-11-15-8-5-6-12-17(15)20)19(23)22-14-18(21)16-9-3-2-4-10-16/h2-6,8-10,12,18H,7,11,13-14,21H2,1H3,(H,22,23). The molecule has 1 aliphatic rings. The van der Waals surface area contributed by atoms with Gasteiger partial charge in [-0.25, -0.2) is 0 Å². The molecule has 3 N–H and O–H groups in total. The van der Waals surface area contributed by atoms with Crippen LogP contribution in [0.25, 0.3) is 0 Å². The lowest BCUT2D eigenvalue weighted by molar-refractivity contribution is -0.126. The van der Waals surface area contributed by atoms with Crippen LogP contribution in [0.4, 0.5) is 0 Å². The monoisotopic (exact) mass is 308 g/mol. The molecule has 120 valence electrons. The Kier molecular flexibility index (Phi) is 4.49. The van der Waals surface area contributed by atoms with Gasteiger partial charge in [-0.05, 0) is 42.9 Å². The van der Waals surface area contributed by atoms with Gasteiger partial charge in [0.2, 0.25) is 5.91 Å². The van der Waals surface area contributed by atoms with Crippen molar-refractivity contribution in [2.75, 3.05) is 6.54 Å². The van der Waals surface area contributed by atoms with E-state index in [9.17, 15) is 4.79 Å². The molecule has 0 radical (unpaired) electrons. The van der Waals surface area contributed by atoms with Gasteiger partial charge in [-0.15, -0.1) is 0 Å². The summed E-state index contributed by atoms with van der Waals surface area (Å²) in [5.41, 5.74) is 9.25. The summed E-state index contributed by atoms with van der Waals surface area (Å²) in [6.07, 6.45) is 2.99. The Morgan fingerprint density at radius 2 is 1.87 bits per heavy atom. The fraction of sp³-hybridized carbons (Fsp3) is 0.350. The molecular weight excluding hydrogens is 284 g/mol. The van der Waals surface area contributed by atoms with E-state index >= 15 is 0 Å². The van der Waals surface area contributed by atoms with Gasteiger partial charge >= 0.3 is 0 Å². The van der Waals surface area contributed by atoms with Gasteiger partial charge in [-0.1, -0.05) is 54.6 Å². The van der Waals surface area contributed by atoms with E-state index in [2.05, 4.69) is 17.4 Å². The minimum absolute atomic E-state index is 0.0797. The number of amides is 1. The maximum Gasteiger partial charge on any atom is 0.230 e. The van der Waals surface area contributed by atoms with Crippen LogP contribution >= 0.6 is 0 Å². The van der Waals surface area contributed by atoms with Gasteiger partial charge in [-0.3, -0.25) is 4.79 Å². The SMILES string of the molecule is CC1(C(=O)NCC(N)c2ccccc2)CCCc2ccccc21. The highest BCUT2D eigenvalue weighted by molar-refractivity contribution is 5.88. The predicted octanol–water partition coefficient (Wildman–Crippen LogP) is 3.10. The van der Waals surface area contributed by atoms with Gasteiger partial charge in [0.15, 0.2) is 0 Å². The second-order valence-electron chi connectivity index (χ2n) is 6.57. The quantitative estimate of drug-likeness (QED) is 0.912.